The van der Waals surface area contributed by atoms with Gasteiger partial charge in [-0.25, -0.2) is 0 Å². The summed E-state index contributed by atoms with van der Waals surface area (Å²) in [4.78, 5) is 0. The van der Waals surface area contributed by atoms with Crippen molar-refractivity contribution in [1.82, 2.24) is 10.6 Å². The number of allylic oxidation sites excluding steroid dienone is 1. The number of nitrogens with one attached hydrogen (secondary N) is 2. The third kappa shape index (κ3) is 7.34. The summed E-state index contributed by atoms with van der Waals surface area (Å²) >= 11 is 0. The van der Waals surface area contributed by atoms with E-state index in [0.29, 0.717) is 0 Å². The molecule has 0 unspecified atom stereocenters. The lowest BCUT2D eigenvalue weighted by Crippen LogP contribution is -2.12. The van der Waals surface area contributed by atoms with E-state index in [9.17, 15) is 0 Å². The molecule has 0 bridgehead atoms. The third-order valence-electron chi connectivity index (χ3n) is 0.788. The maximum Gasteiger partial charge on any atom is 0.0843 e. The van der Waals surface area contributed by atoms with Gasteiger partial charge in [0.25, 0.3) is 0 Å². The van der Waals surface area contributed by atoms with E-state index in [2.05, 4.69) is 10.6 Å². The Hall–Kier alpha value is -0.660. The predicted octanol–water partition coefficient (Wildman–Crippen LogP) is 2.30. The molecular weight excluding hydrogens is 124 g/mol. The lowest BCUT2D eigenvalue weighted by molar-refractivity contribution is 0.813. The van der Waals surface area contributed by atoms with Crippen molar-refractivity contribution in [2.24, 2.45) is 0 Å². The summed E-state index contributed by atoms with van der Waals surface area (Å²) in [6, 6.07) is 0. The van der Waals surface area contributed by atoms with Crippen LogP contribution in [0.5, 0.6) is 0 Å². The molecule has 1 heterocycles. The summed E-state index contributed by atoms with van der Waals surface area (Å²) in [5, 5.41) is 6.07. The number of rotatable bonds is 0. The van der Waals surface area contributed by atoms with E-state index in [1.165, 1.54) is 5.70 Å². The molecule has 2 nitrogen and oxygen atoms in total. The van der Waals surface area contributed by atoms with Gasteiger partial charge in [-0.3, -0.25) is 0 Å². The van der Waals surface area contributed by atoms with Gasteiger partial charge in [-0.1, -0.05) is 27.7 Å². The maximum atomic E-state index is 3.07. The second kappa shape index (κ2) is 11.2. The Morgan fingerprint density at radius 3 is 1.90 bits per heavy atom. The molecule has 2 N–H and O–H groups in total. The summed E-state index contributed by atoms with van der Waals surface area (Å²) in [6.45, 7) is 10.9. The third-order valence-corrected chi connectivity index (χ3v) is 0.788. The molecule has 64 valence electrons. The first-order valence-corrected chi connectivity index (χ1v) is 4.03. The minimum atomic E-state index is 0. The molecule has 0 aliphatic carbocycles. The average Bonchev–Trinajstić information content (AvgIpc) is 2.48. The summed E-state index contributed by atoms with van der Waals surface area (Å²) in [5.41, 5.74) is 1.22. The van der Waals surface area contributed by atoms with Gasteiger partial charge in [0.05, 0.1) is 6.67 Å². The van der Waals surface area contributed by atoms with Crippen LogP contribution in [-0.4, -0.2) is 6.67 Å². The van der Waals surface area contributed by atoms with Gasteiger partial charge in [0.15, 0.2) is 0 Å². The molecule has 10 heavy (non-hydrogen) atoms. The molecule has 1 rings (SSSR count). The van der Waals surface area contributed by atoms with Crippen molar-refractivity contribution in [1.29, 1.82) is 0 Å². The standard InChI is InChI=1S/C4H8N2.2C2H6.H2/c1-4-2-5-3-6-4;2*1-2;/h2,5-6H,3H2,1H3;2*1-2H3;1H. The van der Waals surface area contributed by atoms with Crippen molar-refractivity contribution in [2.75, 3.05) is 6.67 Å². The van der Waals surface area contributed by atoms with Gasteiger partial charge in [0.2, 0.25) is 0 Å². The van der Waals surface area contributed by atoms with Crippen LogP contribution in [0.3, 0.4) is 0 Å². The van der Waals surface area contributed by atoms with Gasteiger partial charge >= 0.3 is 0 Å². The number of hydrogen-bond acceptors (Lipinski definition) is 2. The van der Waals surface area contributed by atoms with Crippen LogP contribution < -0.4 is 10.6 Å². The van der Waals surface area contributed by atoms with Gasteiger partial charge in [-0.15, -0.1) is 0 Å². The Balaban J connectivity index is -0.000000114. The molecule has 0 amide bonds. The average molecular weight is 146 g/mol. The van der Waals surface area contributed by atoms with E-state index in [1.807, 2.05) is 40.8 Å². The van der Waals surface area contributed by atoms with E-state index >= 15 is 0 Å². The Bertz CT molecular complexity index is 82.2. The topological polar surface area (TPSA) is 24.1 Å². The molecule has 0 atom stereocenters. The molecule has 1 aliphatic rings. The summed E-state index contributed by atoms with van der Waals surface area (Å²) in [7, 11) is 0. The van der Waals surface area contributed by atoms with Crippen LogP contribution in [-0.2, 0) is 0 Å². The van der Waals surface area contributed by atoms with Crippen LogP contribution in [0.25, 0.3) is 0 Å². The largest absolute Gasteiger partial charge is 0.372 e. The van der Waals surface area contributed by atoms with Crippen molar-refractivity contribution in [3.63, 3.8) is 0 Å². The molecule has 0 spiro atoms. The maximum absolute atomic E-state index is 3.07. The van der Waals surface area contributed by atoms with Crippen LogP contribution in [0.2, 0.25) is 0 Å². The first-order valence-electron chi connectivity index (χ1n) is 4.03. The summed E-state index contributed by atoms with van der Waals surface area (Å²) in [6.07, 6.45) is 1.96. The lowest BCUT2D eigenvalue weighted by Gasteiger charge is -1.88. The van der Waals surface area contributed by atoms with Crippen molar-refractivity contribution in [3.05, 3.63) is 11.9 Å². The zero-order chi connectivity index (χ0) is 8.41. The minimum absolute atomic E-state index is 0. The number of hydrogen-bond donors (Lipinski definition) is 2. The predicted molar refractivity (Wildman–Crippen MR) is 49.7 cm³/mol. The van der Waals surface area contributed by atoms with Gasteiger partial charge in [0.1, 0.15) is 0 Å². The zero-order valence-corrected chi connectivity index (χ0v) is 7.78. The van der Waals surface area contributed by atoms with Crippen LogP contribution >= 0.6 is 0 Å². The molecular formula is C8H22N2. The van der Waals surface area contributed by atoms with Crippen molar-refractivity contribution in [3.8, 4) is 0 Å². The second-order valence-electron chi connectivity index (χ2n) is 1.39. The molecule has 0 saturated carbocycles. The van der Waals surface area contributed by atoms with Crippen molar-refractivity contribution < 1.29 is 1.43 Å². The quantitative estimate of drug-likeness (QED) is 0.548. The molecule has 1 aliphatic heterocycles. The highest BCUT2D eigenvalue weighted by Crippen LogP contribution is 1.85. The molecule has 0 aromatic rings. The van der Waals surface area contributed by atoms with Gasteiger partial charge in [-0.05, 0) is 6.92 Å². The zero-order valence-electron chi connectivity index (χ0n) is 7.78. The molecule has 0 fully saturated rings. The van der Waals surface area contributed by atoms with E-state index < -0.39 is 0 Å². The van der Waals surface area contributed by atoms with Crippen molar-refractivity contribution >= 4 is 0 Å². The molecule has 2 heteroatoms. The van der Waals surface area contributed by atoms with E-state index in [-0.39, 0.29) is 1.43 Å². The monoisotopic (exact) mass is 146 g/mol. The SMILES string of the molecule is CC.CC.CC1=CNCN1.[HH]. The van der Waals surface area contributed by atoms with E-state index in [4.69, 9.17) is 0 Å². The molecule has 0 aromatic heterocycles. The van der Waals surface area contributed by atoms with Crippen molar-refractivity contribution in [2.45, 2.75) is 34.6 Å². The van der Waals surface area contributed by atoms with Crippen LogP contribution in [0.15, 0.2) is 11.9 Å². The second-order valence-corrected chi connectivity index (χ2v) is 1.39. The molecule has 0 radical (unpaired) electrons. The highest BCUT2D eigenvalue weighted by atomic mass is 15.1. The van der Waals surface area contributed by atoms with E-state index in [1.54, 1.807) is 0 Å². The molecule has 0 saturated heterocycles. The van der Waals surface area contributed by atoms with E-state index in [0.717, 1.165) is 6.67 Å². The Morgan fingerprint density at radius 2 is 1.80 bits per heavy atom. The van der Waals surface area contributed by atoms with Crippen LogP contribution in [0.1, 0.15) is 36.0 Å². The Morgan fingerprint density at radius 1 is 1.30 bits per heavy atom. The summed E-state index contributed by atoms with van der Waals surface area (Å²) in [5.74, 6) is 0. The van der Waals surface area contributed by atoms with Crippen LogP contribution in [0, 0.1) is 0 Å². The highest BCUT2D eigenvalue weighted by molar-refractivity contribution is 4.98. The van der Waals surface area contributed by atoms with Gasteiger partial charge in [-0.2, -0.15) is 0 Å². The van der Waals surface area contributed by atoms with Crippen LogP contribution in [0.4, 0.5) is 0 Å². The lowest BCUT2D eigenvalue weighted by atomic mass is 10.6. The molecule has 0 aromatic carbocycles. The van der Waals surface area contributed by atoms with Gasteiger partial charge in [0, 0.05) is 13.3 Å². The Labute approximate surface area is 66.2 Å². The fourth-order valence-corrected chi connectivity index (χ4v) is 0.446. The smallest absolute Gasteiger partial charge is 0.0843 e. The Kier molecular flexibility index (Phi) is 13.5. The normalized spacial score (nSPS) is 12.3. The minimum Gasteiger partial charge on any atom is -0.372 e. The van der Waals surface area contributed by atoms with Gasteiger partial charge < -0.3 is 10.6 Å². The summed E-state index contributed by atoms with van der Waals surface area (Å²) < 4.78 is 0. The fourth-order valence-electron chi connectivity index (χ4n) is 0.446. The first-order chi connectivity index (χ1) is 4.89. The first kappa shape index (κ1) is 12.1. The highest BCUT2D eigenvalue weighted by Gasteiger charge is 1.89. The fraction of sp³-hybridized carbons (Fsp3) is 0.750.